The van der Waals surface area contributed by atoms with E-state index in [9.17, 15) is 13.2 Å². The van der Waals surface area contributed by atoms with Gasteiger partial charge in [0.15, 0.2) is 5.69 Å². The second kappa shape index (κ2) is 6.16. The van der Waals surface area contributed by atoms with Crippen LogP contribution in [0.1, 0.15) is 22.5 Å². The van der Waals surface area contributed by atoms with E-state index < -0.39 is 11.7 Å². The lowest BCUT2D eigenvalue weighted by molar-refractivity contribution is -0.657. The van der Waals surface area contributed by atoms with E-state index in [0.717, 1.165) is 17.8 Å². The van der Waals surface area contributed by atoms with Crippen LogP contribution in [-0.4, -0.2) is 10.1 Å². The first-order chi connectivity index (χ1) is 11.5. The molecule has 3 rings (SSSR count). The van der Waals surface area contributed by atoms with Crippen molar-refractivity contribution in [3.63, 3.8) is 0 Å². The lowest BCUT2D eigenvalue weighted by Gasteiger charge is -2.07. The molecule has 1 aromatic heterocycles. The van der Waals surface area contributed by atoms with E-state index in [1.165, 1.54) is 12.4 Å². The van der Waals surface area contributed by atoms with Crippen LogP contribution in [-0.2, 0) is 12.6 Å². The molecule has 0 aliphatic rings. The molecule has 4 nitrogen and oxygen atoms in total. The van der Waals surface area contributed by atoms with E-state index >= 15 is 0 Å². The number of aromatic amines is 1. The highest BCUT2D eigenvalue weighted by atomic mass is 19.4. The van der Waals surface area contributed by atoms with Gasteiger partial charge in [-0.25, -0.2) is 0 Å². The maximum atomic E-state index is 12.7. The van der Waals surface area contributed by atoms with Gasteiger partial charge in [-0.3, -0.25) is 0 Å². The number of halogens is 3. The summed E-state index contributed by atoms with van der Waals surface area (Å²) in [5.41, 5.74) is 1.06. The number of nitrogens with zero attached hydrogens (tertiary/aromatic N) is 3. The number of benzene rings is 2. The maximum absolute atomic E-state index is 12.7. The van der Waals surface area contributed by atoms with E-state index in [0.29, 0.717) is 17.0 Å². The van der Waals surface area contributed by atoms with Gasteiger partial charge in [-0.05, 0) is 28.7 Å². The van der Waals surface area contributed by atoms with Crippen molar-refractivity contribution in [2.24, 2.45) is 0 Å². The number of nitriles is 1. The predicted molar refractivity (Wildman–Crippen MR) is 79.1 cm³/mol. The second-order valence-electron chi connectivity index (χ2n) is 5.21. The molecule has 0 fully saturated rings. The number of aromatic nitrogens is 3. The molecule has 1 heterocycles. The summed E-state index contributed by atoms with van der Waals surface area (Å²) in [5.74, 6) is 0.525. The normalized spacial score (nSPS) is 11.2. The number of nitrogens with one attached hydrogen (secondary N) is 1. The highest BCUT2D eigenvalue weighted by Gasteiger charge is 2.30. The maximum Gasteiger partial charge on any atom is 0.416 e. The van der Waals surface area contributed by atoms with Gasteiger partial charge in [0, 0.05) is 6.07 Å². The third kappa shape index (κ3) is 3.43. The molecule has 0 atom stereocenters. The van der Waals surface area contributed by atoms with Gasteiger partial charge >= 0.3 is 12.5 Å². The van der Waals surface area contributed by atoms with E-state index in [1.54, 1.807) is 35.0 Å². The number of hydrogen-bond donors (Lipinski definition) is 1. The lowest BCUT2D eigenvalue weighted by Crippen LogP contribution is -2.32. The first-order valence-corrected chi connectivity index (χ1v) is 7.08. The Labute approximate surface area is 135 Å². The largest absolute Gasteiger partial charge is 0.416 e. The Kier molecular flexibility index (Phi) is 4.04. The summed E-state index contributed by atoms with van der Waals surface area (Å²) in [6.45, 7) is 0. The van der Waals surface area contributed by atoms with E-state index in [-0.39, 0.29) is 6.42 Å². The Balaban J connectivity index is 1.83. The van der Waals surface area contributed by atoms with Crippen molar-refractivity contribution in [3.8, 4) is 11.8 Å². The Morgan fingerprint density at radius 1 is 1.12 bits per heavy atom. The highest BCUT2D eigenvalue weighted by molar-refractivity contribution is 5.36. The van der Waals surface area contributed by atoms with Crippen molar-refractivity contribution in [1.29, 1.82) is 5.26 Å². The fourth-order valence-corrected chi connectivity index (χ4v) is 2.32. The molecule has 120 valence electrons. The van der Waals surface area contributed by atoms with Gasteiger partial charge in [0.2, 0.25) is 0 Å². The predicted octanol–water partition coefficient (Wildman–Crippen LogP) is 3.17. The molecular weight excluding hydrogens is 317 g/mol. The van der Waals surface area contributed by atoms with Crippen LogP contribution >= 0.6 is 0 Å². The summed E-state index contributed by atoms with van der Waals surface area (Å²) >= 11 is 0. The molecule has 0 saturated heterocycles. The monoisotopic (exact) mass is 329 g/mol. The molecule has 0 amide bonds. The smallest absolute Gasteiger partial charge is 0.192 e. The summed E-state index contributed by atoms with van der Waals surface area (Å²) in [5, 5.41) is 11.9. The Morgan fingerprint density at radius 3 is 2.67 bits per heavy atom. The van der Waals surface area contributed by atoms with Crippen LogP contribution in [0.5, 0.6) is 0 Å². The molecule has 1 N–H and O–H groups in total. The topological polar surface area (TPSA) is 56.4 Å². The molecular formula is C17H12F3N4+. The van der Waals surface area contributed by atoms with Crippen molar-refractivity contribution in [1.82, 2.24) is 10.1 Å². The first kappa shape index (κ1) is 15.7. The van der Waals surface area contributed by atoms with Gasteiger partial charge in [-0.2, -0.15) is 23.5 Å². The van der Waals surface area contributed by atoms with Crippen LogP contribution < -0.4 is 4.68 Å². The van der Waals surface area contributed by atoms with Crippen LogP contribution in [0, 0.1) is 11.3 Å². The first-order valence-electron chi connectivity index (χ1n) is 7.08. The molecule has 0 unspecified atom stereocenters. The molecule has 2 aromatic carbocycles. The molecule has 0 saturated carbocycles. The average molecular weight is 329 g/mol. The molecule has 7 heteroatoms. The standard InChI is InChI=1S/C17H11F3N4/c18-17(19,20)14-5-1-3-12(7-14)9-16-22-11-24(23-16)15-6-2-4-13(8-15)10-21/h1-8,11H,9H2/p+1. The van der Waals surface area contributed by atoms with E-state index in [1.807, 2.05) is 6.07 Å². The zero-order valence-electron chi connectivity index (χ0n) is 12.4. The summed E-state index contributed by atoms with van der Waals surface area (Å²) in [6, 6.07) is 14.1. The van der Waals surface area contributed by atoms with Gasteiger partial charge in [0.25, 0.3) is 5.82 Å². The number of H-pyrrole nitrogens is 1. The van der Waals surface area contributed by atoms with Gasteiger partial charge in [0.05, 0.1) is 23.6 Å². The second-order valence-corrected chi connectivity index (χ2v) is 5.21. The summed E-state index contributed by atoms with van der Waals surface area (Å²) in [6.07, 6.45) is -2.59. The minimum atomic E-state index is -4.36. The Bertz CT molecular complexity index is 906. The minimum Gasteiger partial charge on any atom is -0.192 e. The zero-order chi connectivity index (χ0) is 17.2. The van der Waals surface area contributed by atoms with Crippen LogP contribution in [0.2, 0.25) is 0 Å². The van der Waals surface area contributed by atoms with Crippen LogP contribution in [0.25, 0.3) is 5.69 Å². The number of hydrogen-bond acceptors (Lipinski definition) is 2. The van der Waals surface area contributed by atoms with Gasteiger partial charge in [0.1, 0.15) is 0 Å². The lowest BCUT2D eigenvalue weighted by atomic mass is 10.1. The molecule has 3 aromatic rings. The fraction of sp³-hybridized carbons (Fsp3) is 0.118. The quantitative estimate of drug-likeness (QED) is 0.751. The van der Waals surface area contributed by atoms with Gasteiger partial charge in [-0.1, -0.05) is 24.3 Å². The van der Waals surface area contributed by atoms with Crippen molar-refractivity contribution in [2.75, 3.05) is 0 Å². The summed E-state index contributed by atoms with van der Waals surface area (Å²) < 4.78 is 39.9. The van der Waals surface area contributed by atoms with Crippen molar-refractivity contribution >= 4 is 0 Å². The van der Waals surface area contributed by atoms with Crippen molar-refractivity contribution in [3.05, 3.63) is 77.4 Å². The SMILES string of the molecule is N#Cc1cccc(-[n+]2cnc(Cc3cccc(C(F)(F)F)c3)[nH]2)c1. The molecule has 0 bridgehead atoms. The Morgan fingerprint density at radius 2 is 1.92 bits per heavy atom. The van der Waals surface area contributed by atoms with Crippen LogP contribution in [0.3, 0.4) is 0 Å². The summed E-state index contributed by atoms with van der Waals surface area (Å²) in [4.78, 5) is 4.18. The van der Waals surface area contributed by atoms with Crippen molar-refractivity contribution in [2.45, 2.75) is 12.6 Å². The third-order valence-electron chi connectivity index (χ3n) is 3.46. The number of alkyl halides is 3. The van der Waals surface area contributed by atoms with Gasteiger partial charge in [-0.15, -0.1) is 4.68 Å². The third-order valence-corrected chi connectivity index (χ3v) is 3.46. The van der Waals surface area contributed by atoms with E-state index in [4.69, 9.17) is 5.26 Å². The van der Waals surface area contributed by atoms with Gasteiger partial charge < -0.3 is 0 Å². The molecule has 24 heavy (non-hydrogen) atoms. The van der Waals surface area contributed by atoms with Crippen LogP contribution in [0.4, 0.5) is 13.2 Å². The minimum absolute atomic E-state index is 0.245. The van der Waals surface area contributed by atoms with E-state index in [2.05, 4.69) is 10.1 Å². The van der Waals surface area contributed by atoms with Crippen molar-refractivity contribution < 1.29 is 17.9 Å². The average Bonchev–Trinajstić information content (AvgIpc) is 3.03. The summed E-state index contributed by atoms with van der Waals surface area (Å²) in [7, 11) is 0. The molecule has 0 aliphatic heterocycles. The highest BCUT2D eigenvalue weighted by Crippen LogP contribution is 2.29. The molecule has 0 radical (unpaired) electrons. The molecule has 0 aliphatic carbocycles. The Hall–Kier alpha value is -3.14. The fourth-order valence-electron chi connectivity index (χ4n) is 2.32. The zero-order valence-corrected chi connectivity index (χ0v) is 12.4. The molecule has 0 spiro atoms. The van der Waals surface area contributed by atoms with Crippen LogP contribution in [0.15, 0.2) is 54.9 Å². The number of rotatable bonds is 3.